The second kappa shape index (κ2) is 6.40. The van der Waals surface area contributed by atoms with Crippen LogP contribution in [0.25, 0.3) is 0 Å². The molecule has 0 spiro atoms. The summed E-state index contributed by atoms with van der Waals surface area (Å²) < 4.78 is 0. The average Bonchev–Trinajstić information content (AvgIpc) is 2.25. The van der Waals surface area contributed by atoms with Gasteiger partial charge in [-0.1, -0.05) is 39.0 Å². The SMILES string of the molecule is CC(C)(C)CCNCC(=O)Nc1ccccc1. The second-order valence-electron chi connectivity index (χ2n) is 5.40. The van der Waals surface area contributed by atoms with Crippen LogP contribution in [0.5, 0.6) is 0 Å². The highest BCUT2D eigenvalue weighted by Crippen LogP contribution is 2.16. The van der Waals surface area contributed by atoms with E-state index in [9.17, 15) is 4.79 Å². The summed E-state index contributed by atoms with van der Waals surface area (Å²) in [6.07, 6.45) is 1.06. The summed E-state index contributed by atoms with van der Waals surface area (Å²) in [5.74, 6) is 0.00473. The number of rotatable bonds is 5. The first kappa shape index (κ1) is 13.7. The maximum Gasteiger partial charge on any atom is 0.238 e. The first-order chi connectivity index (χ1) is 7.97. The van der Waals surface area contributed by atoms with E-state index in [1.54, 1.807) is 0 Å². The number of hydrogen-bond acceptors (Lipinski definition) is 2. The highest BCUT2D eigenvalue weighted by molar-refractivity contribution is 5.92. The fourth-order valence-electron chi connectivity index (χ4n) is 1.39. The summed E-state index contributed by atoms with van der Waals surface area (Å²) in [5, 5.41) is 5.99. The molecule has 0 saturated heterocycles. The molecule has 1 aromatic rings. The number of amides is 1. The molecule has 2 N–H and O–H groups in total. The molecule has 0 atom stereocenters. The molecule has 0 aliphatic rings. The van der Waals surface area contributed by atoms with Gasteiger partial charge in [0, 0.05) is 5.69 Å². The lowest BCUT2D eigenvalue weighted by molar-refractivity contribution is -0.115. The number of anilines is 1. The van der Waals surface area contributed by atoms with Crippen molar-refractivity contribution in [3.63, 3.8) is 0 Å². The topological polar surface area (TPSA) is 41.1 Å². The van der Waals surface area contributed by atoms with Gasteiger partial charge in [-0.15, -0.1) is 0 Å². The van der Waals surface area contributed by atoms with Crippen LogP contribution < -0.4 is 10.6 Å². The van der Waals surface area contributed by atoms with Crippen LogP contribution in [0.15, 0.2) is 30.3 Å². The minimum absolute atomic E-state index is 0.00473. The minimum atomic E-state index is 0.00473. The quantitative estimate of drug-likeness (QED) is 0.769. The molecule has 0 aromatic heterocycles. The van der Waals surface area contributed by atoms with Crippen molar-refractivity contribution in [2.24, 2.45) is 5.41 Å². The van der Waals surface area contributed by atoms with Gasteiger partial charge in [0.2, 0.25) is 5.91 Å². The van der Waals surface area contributed by atoms with E-state index in [-0.39, 0.29) is 5.91 Å². The highest BCUT2D eigenvalue weighted by Gasteiger charge is 2.09. The molecule has 0 aliphatic heterocycles. The van der Waals surface area contributed by atoms with Crippen LogP contribution in [0.1, 0.15) is 27.2 Å². The molecular formula is C14H22N2O. The molecule has 1 rings (SSSR count). The zero-order chi connectivity index (χ0) is 12.7. The van der Waals surface area contributed by atoms with Crippen LogP contribution in [0.4, 0.5) is 5.69 Å². The van der Waals surface area contributed by atoms with Crippen molar-refractivity contribution in [3.8, 4) is 0 Å². The van der Waals surface area contributed by atoms with Crippen LogP contribution in [0.2, 0.25) is 0 Å². The van der Waals surface area contributed by atoms with E-state index >= 15 is 0 Å². The van der Waals surface area contributed by atoms with E-state index in [1.807, 2.05) is 30.3 Å². The van der Waals surface area contributed by atoms with Crippen molar-refractivity contribution in [2.75, 3.05) is 18.4 Å². The van der Waals surface area contributed by atoms with Gasteiger partial charge in [-0.3, -0.25) is 4.79 Å². The maximum atomic E-state index is 11.6. The van der Waals surface area contributed by atoms with Crippen molar-refractivity contribution < 1.29 is 4.79 Å². The Morgan fingerprint density at radius 2 is 1.82 bits per heavy atom. The zero-order valence-electron chi connectivity index (χ0n) is 10.9. The third-order valence-electron chi connectivity index (χ3n) is 2.39. The summed E-state index contributed by atoms with van der Waals surface area (Å²) in [5.41, 5.74) is 1.15. The first-order valence-corrected chi connectivity index (χ1v) is 6.03. The third-order valence-corrected chi connectivity index (χ3v) is 2.39. The number of carbonyl (C=O) groups excluding carboxylic acids is 1. The molecule has 0 unspecified atom stereocenters. The Hall–Kier alpha value is -1.35. The maximum absolute atomic E-state index is 11.6. The number of nitrogens with one attached hydrogen (secondary N) is 2. The molecule has 3 heteroatoms. The van der Waals surface area contributed by atoms with Crippen molar-refractivity contribution in [2.45, 2.75) is 27.2 Å². The van der Waals surface area contributed by atoms with Crippen molar-refractivity contribution >= 4 is 11.6 Å². The minimum Gasteiger partial charge on any atom is -0.325 e. The van der Waals surface area contributed by atoms with Gasteiger partial charge in [0.05, 0.1) is 6.54 Å². The Balaban J connectivity index is 2.18. The van der Waals surface area contributed by atoms with Gasteiger partial charge in [-0.25, -0.2) is 0 Å². The second-order valence-corrected chi connectivity index (χ2v) is 5.40. The van der Waals surface area contributed by atoms with Gasteiger partial charge in [0.25, 0.3) is 0 Å². The summed E-state index contributed by atoms with van der Waals surface area (Å²) in [4.78, 5) is 11.6. The molecule has 0 saturated carbocycles. The molecule has 94 valence electrons. The van der Waals surface area contributed by atoms with E-state index in [0.29, 0.717) is 12.0 Å². The summed E-state index contributed by atoms with van der Waals surface area (Å²) >= 11 is 0. The molecule has 0 fully saturated rings. The molecule has 1 amide bonds. The largest absolute Gasteiger partial charge is 0.325 e. The van der Waals surface area contributed by atoms with Crippen LogP contribution in [0.3, 0.4) is 0 Å². The van der Waals surface area contributed by atoms with Gasteiger partial charge >= 0.3 is 0 Å². The lowest BCUT2D eigenvalue weighted by Gasteiger charge is -2.17. The Labute approximate surface area is 104 Å². The number of benzene rings is 1. The molecule has 3 nitrogen and oxygen atoms in total. The lowest BCUT2D eigenvalue weighted by Crippen LogP contribution is -2.30. The Morgan fingerprint density at radius 3 is 2.41 bits per heavy atom. The van der Waals surface area contributed by atoms with Crippen LogP contribution in [0, 0.1) is 5.41 Å². The fourth-order valence-corrected chi connectivity index (χ4v) is 1.39. The van der Waals surface area contributed by atoms with Gasteiger partial charge in [-0.05, 0) is 30.5 Å². The van der Waals surface area contributed by atoms with Crippen molar-refractivity contribution in [1.82, 2.24) is 5.32 Å². The standard InChI is InChI=1S/C14H22N2O/c1-14(2,3)9-10-15-11-13(17)16-12-7-5-4-6-8-12/h4-8,15H,9-11H2,1-3H3,(H,16,17). The van der Waals surface area contributed by atoms with Crippen molar-refractivity contribution in [1.29, 1.82) is 0 Å². The predicted octanol–water partition coefficient (Wildman–Crippen LogP) is 2.65. The lowest BCUT2D eigenvalue weighted by atomic mass is 9.92. The molecule has 0 bridgehead atoms. The summed E-state index contributed by atoms with van der Waals surface area (Å²) in [6, 6.07) is 9.50. The molecule has 17 heavy (non-hydrogen) atoms. The zero-order valence-corrected chi connectivity index (χ0v) is 10.9. The van der Waals surface area contributed by atoms with Crippen LogP contribution in [-0.2, 0) is 4.79 Å². The summed E-state index contributed by atoms with van der Waals surface area (Å²) in [6.45, 7) is 7.81. The molecular weight excluding hydrogens is 212 g/mol. The fraction of sp³-hybridized carbons (Fsp3) is 0.500. The number of carbonyl (C=O) groups is 1. The first-order valence-electron chi connectivity index (χ1n) is 6.03. The monoisotopic (exact) mass is 234 g/mol. The van der Waals surface area contributed by atoms with Gasteiger partial charge < -0.3 is 10.6 Å². The Kier molecular flexibility index (Phi) is 5.16. The van der Waals surface area contributed by atoms with Gasteiger partial charge in [0.15, 0.2) is 0 Å². The predicted molar refractivity (Wildman–Crippen MR) is 72.0 cm³/mol. The van der Waals surface area contributed by atoms with E-state index in [1.165, 1.54) is 0 Å². The van der Waals surface area contributed by atoms with Gasteiger partial charge in [-0.2, -0.15) is 0 Å². The molecule has 1 aromatic carbocycles. The summed E-state index contributed by atoms with van der Waals surface area (Å²) in [7, 11) is 0. The Bertz CT molecular complexity index is 341. The smallest absolute Gasteiger partial charge is 0.238 e. The normalized spacial score (nSPS) is 11.2. The van der Waals surface area contributed by atoms with Crippen molar-refractivity contribution in [3.05, 3.63) is 30.3 Å². The average molecular weight is 234 g/mol. The highest BCUT2D eigenvalue weighted by atomic mass is 16.1. The van der Waals surface area contributed by atoms with Gasteiger partial charge in [0.1, 0.15) is 0 Å². The Morgan fingerprint density at radius 1 is 1.18 bits per heavy atom. The molecule has 0 aliphatic carbocycles. The number of hydrogen-bond donors (Lipinski definition) is 2. The van der Waals surface area contributed by atoms with Crippen LogP contribution >= 0.6 is 0 Å². The van der Waals surface area contributed by atoms with E-state index < -0.39 is 0 Å². The molecule has 0 heterocycles. The third kappa shape index (κ3) is 6.74. The van der Waals surface area contributed by atoms with E-state index in [2.05, 4.69) is 31.4 Å². The molecule has 0 radical (unpaired) electrons. The van der Waals surface area contributed by atoms with Crippen LogP contribution in [-0.4, -0.2) is 19.0 Å². The van der Waals surface area contributed by atoms with E-state index in [0.717, 1.165) is 18.7 Å². The number of para-hydroxylation sites is 1. The van der Waals surface area contributed by atoms with E-state index in [4.69, 9.17) is 0 Å².